The van der Waals surface area contributed by atoms with Gasteiger partial charge < -0.3 is 0 Å². The molecule has 0 bridgehead atoms. The zero-order chi connectivity index (χ0) is 23.1. The van der Waals surface area contributed by atoms with Crippen LogP contribution in [0.1, 0.15) is 11.3 Å². The molecule has 0 radical (unpaired) electrons. The molecule has 1 N–H and O–H groups in total. The fourth-order valence-corrected chi connectivity index (χ4v) is 4.31. The van der Waals surface area contributed by atoms with E-state index in [1.165, 1.54) is 18.3 Å². The van der Waals surface area contributed by atoms with E-state index < -0.39 is 22.8 Å². The van der Waals surface area contributed by atoms with Crippen molar-refractivity contribution in [3.63, 3.8) is 0 Å². The Morgan fingerprint density at radius 2 is 1.91 bits per heavy atom. The number of nitrogens with zero attached hydrogens (tertiary/aromatic N) is 5. The number of nitriles is 1. The second-order valence-corrected chi connectivity index (χ2v) is 7.92. The average molecular weight is 462 g/mol. The van der Waals surface area contributed by atoms with Crippen LogP contribution in [0.3, 0.4) is 0 Å². The number of H-pyrrole nitrogens is 1. The minimum atomic E-state index is -0.917. The number of benzene rings is 2. The molecule has 0 spiro atoms. The summed E-state index contributed by atoms with van der Waals surface area (Å²) in [7, 11) is 0. The molecule has 33 heavy (non-hydrogen) atoms. The molecule has 0 aliphatic heterocycles. The van der Waals surface area contributed by atoms with Gasteiger partial charge in [0.15, 0.2) is 10.8 Å². The van der Waals surface area contributed by atoms with Gasteiger partial charge in [0, 0.05) is 24.1 Å². The number of hydrogen-bond donors (Lipinski definition) is 1. The summed E-state index contributed by atoms with van der Waals surface area (Å²) in [6.45, 7) is 0. The molecule has 0 unspecified atom stereocenters. The lowest BCUT2D eigenvalue weighted by Crippen LogP contribution is -2.23. The fourth-order valence-electron chi connectivity index (χ4n) is 3.41. The molecule has 3 heterocycles. The lowest BCUT2D eigenvalue weighted by atomic mass is 10.2. The van der Waals surface area contributed by atoms with E-state index in [1.807, 2.05) is 6.07 Å². The summed E-state index contributed by atoms with van der Waals surface area (Å²) in [5.41, 5.74) is 0.0458. The highest BCUT2D eigenvalue weighted by Gasteiger charge is 2.17. The van der Waals surface area contributed by atoms with Crippen LogP contribution in [0.2, 0.25) is 0 Å². The van der Waals surface area contributed by atoms with Crippen LogP contribution in [0.4, 0.5) is 8.78 Å². The minimum Gasteiger partial charge on any atom is -0.295 e. The summed E-state index contributed by atoms with van der Waals surface area (Å²) in [5.74, 6) is -1.58. The van der Waals surface area contributed by atoms with Gasteiger partial charge in [-0.3, -0.25) is 19.3 Å². The van der Waals surface area contributed by atoms with E-state index in [9.17, 15) is 23.6 Å². The average Bonchev–Trinajstić information content (AvgIpc) is 3.22. The van der Waals surface area contributed by atoms with Gasteiger partial charge >= 0.3 is 0 Å². The minimum absolute atomic E-state index is 0.107. The molecule has 0 aliphatic carbocycles. The van der Waals surface area contributed by atoms with Crippen LogP contribution >= 0.6 is 11.8 Å². The van der Waals surface area contributed by atoms with Crippen molar-refractivity contribution in [1.29, 1.82) is 5.26 Å². The first-order valence-electron chi connectivity index (χ1n) is 9.56. The Labute approximate surface area is 187 Å². The predicted octanol–water partition coefficient (Wildman–Crippen LogP) is 3.16. The van der Waals surface area contributed by atoms with Crippen molar-refractivity contribution in [2.75, 3.05) is 0 Å². The Bertz CT molecular complexity index is 1720. The molecule has 2 aromatic carbocycles. The molecular formula is C22H12F2N6O2S. The summed E-state index contributed by atoms with van der Waals surface area (Å²) in [5, 5.41) is 12.3. The number of aromatic nitrogens is 5. The van der Waals surface area contributed by atoms with Crippen LogP contribution in [-0.4, -0.2) is 24.1 Å². The number of aromatic amines is 1. The maximum Gasteiger partial charge on any atom is 0.272 e. The van der Waals surface area contributed by atoms with Crippen molar-refractivity contribution in [1.82, 2.24) is 24.1 Å². The highest BCUT2D eigenvalue weighted by atomic mass is 32.2. The van der Waals surface area contributed by atoms with Crippen LogP contribution in [0.15, 0.2) is 69.5 Å². The Morgan fingerprint density at radius 1 is 1.09 bits per heavy atom. The van der Waals surface area contributed by atoms with Crippen molar-refractivity contribution in [3.05, 3.63) is 98.3 Å². The number of fused-ring (bicyclic) bond motifs is 2. The third-order valence-corrected chi connectivity index (χ3v) is 5.89. The highest BCUT2D eigenvalue weighted by Crippen LogP contribution is 2.25. The number of rotatable bonds is 4. The second-order valence-electron chi connectivity index (χ2n) is 6.98. The van der Waals surface area contributed by atoms with Crippen molar-refractivity contribution in [2.45, 2.75) is 10.9 Å². The van der Waals surface area contributed by atoms with Gasteiger partial charge in [-0.05, 0) is 24.3 Å². The first-order valence-corrected chi connectivity index (χ1v) is 10.5. The standard InChI is InChI=1S/C22H12F2N6O2S/c23-13-5-6-18(16(24)7-13)29-21(32)15-3-1-2-4-17(15)28-22(29)33-11-14-8-19(31)30-20(27-14)12(9-25)10-26-30/h1-8,10,26H,11H2. The summed E-state index contributed by atoms with van der Waals surface area (Å²) in [6, 6.07) is 12.8. The second kappa shape index (κ2) is 7.99. The molecule has 11 heteroatoms. The monoisotopic (exact) mass is 462 g/mol. The molecule has 162 valence electrons. The molecule has 0 amide bonds. The van der Waals surface area contributed by atoms with Crippen LogP contribution < -0.4 is 11.1 Å². The summed E-state index contributed by atoms with van der Waals surface area (Å²) in [6.07, 6.45) is 1.38. The molecule has 0 fully saturated rings. The first-order chi connectivity index (χ1) is 16.0. The molecule has 0 saturated heterocycles. The Hall–Kier alpha value is -4.30. The maximum atomic E-state index is 14.6. The normalized spacial score (nSPS) is 11.2. The predicted molar refractivity (Wildman–Crippen MR) is 117 cm³/mol. The number of para-hydroxylation sites is 1. The molecule has 0 saturated carbocycles. The van der Waals surface area contributed by atoms with E-state index in [0.29, 0.717) is 17.3 Å². The summed E-state index contributed by atoms with van der Waals surface area (Å²) in [4.78, 5) is 34.4. The number of hydrogen-bond acceptors (Lipinski definition) is 6. The van der Waals surface area contributed by atoms with E-state index in [4.69, 9.17) is 0 Å². The SMILES string of the molecule is N#Cc1c[nH]n2c(=O)cc(CSc3nc4ccccc4c(=O)n3-c3ccc(F)cc3F)nc12. The summed E-state index contributed by atoms with van der Waals surface area (Å²) >= 11 is 1.06. The Balaban J connectivity index is 1.64. The van der Waals surface area contributed by atoms with E-state index in [2.05, 4.69) is 15.1 Å². The van der Waals surface area contributed by atoms with Gasteiger partial charge in [-0.15, -0.1) is 0 Å². The van der Waals surface area contributed by atoms with Crippen LogP contribution in [0.5, 0.6) is 0 Å². The molecular weight excluding hydrogens is 450 g/mol. The molecule has 8 nitrogen and oxygen atoms in total. The van der Waals surface area contributed by atoms with Gasteiger partial charge in [0.1, 0.15) is 23.3 Å². The van der Waals surface area contributed by atoms with E-state index in [0.717, 1.165) is 26.9 Å². The van der Waals surface area contributed by atoms with Crippen molar-refractivity contribution >= 4 is 28.3 Å². The molecule has 5 aromatic rings. The van der Waals surface area contributed by atoms with Gasteiger partial charge in [0.25, 0.3) is 11.1 Å². The number of nitrogens with one attached hydrogen (secondary N) is 1. The van der Waals surface area contributed by atoms with Gasteiger partial charge in [-0.25, -0.2) is 23.3 Å². The third-order valence-electron chi connectivity index (χ3n) is 4.92. The zero-order valence-electron chi connectivity index (χ0n) is 16.6. The van der Waals surface area contributed by atoms with Gasteiger partial charge in [0.2, 0.25) is 0 Å². The fraction of sp³-hybridized carbons (Fsp3) is 0.0455. The number of thioether (sulfide) groups is 1. The zero-order valence-corrected chi connectivity index (χ0v) is 17.4. The van der Waals surface area contributed by atoms with Gasteiger partial charge in [-0.1, -0.05) is 23.9 Å². The van der Waals surface area contributed by atoms with Crippen molar-refractivity contribution in [3.8, 4) is 11.8 Å². The lowest BCUT2D eigenvalue weighted by molar-refractivity contribution is 0.572. The van der Waals surface area contributed by atoms with Crippen LogP contribution in [0.25, 0.3) is 22.2 Å². The van der Waals surface area contributed by atoms with Gasteiger partial charge in [0.05, 0.1) is 22.3 Å². The molecule has 0 atom stereocenters. The highest BCUT2D eigenvalue weighted by molar-refractivity contribution is 7.98. The Morgan fingerprint density at radius 3 is 2.70 bits per heavy atom. The third kappa shape index (κ3) is 3.56. The maximum absolute atomic E-state index is 14.6. The van der Waals surface area contributed by atoms with E-state index >= 15 is 0 Å². The van der Waals surface area contributed by atoms with Gasteiger partial charge in [-0.2, -0.15) is 5.26 Å². The largest absolute Gasteiger partial charge is 0.295 e. The molecule has 3 aromatic heterocycles. The van der Waals surface area contributed by atoms with E-state index in [1.54, 1.807) is 24.3 Å². The lowest BCUT2D eigenvalue weighted by Gasteiger charge is -2.14. The van der Waals surface area contributed by atoms with E-state index in [-0.39, 0.29) is 33.2 Å². The van der Waals surface area contributed by atoms with Crippen LogP contribution in [-0.2, 0) is 5.75 Å². The number of halogens is 2. The quantitative estimate of drug-likeness (QED) is 0.325. The van der Waals surface area contributed by atoms with Crippen molar-refractivity contribution < 1.29 is 8.78 Å². The van der Waals surface area contributed by atoms with Crippen molar-refractivity contribution in [2.24, 2.45) is 0 Å². The first kappa shape index (κ1) is 20.6. The molecule has 5 rings (SSSR count). The van der Waals surface area contributed by atoms with Crippen LogP contribution in [0, 0.1) is 23.0 Å². The smallest absolute Gasteiger partial charge is 0.272 e. The topological polar surface area (TPSA) is 109 Å². The summed E-state index contributed by atoms with van der Waals surface area (Å²) < 4.78 is 30.3. The molecule has 0 aliphatic rings. The Kier molecular flexibility index (Phi) is 4.99.